The second-order valence-electron chi connectivity index (χ2n) is 0.646. The Balaban J connectivity index is 0. The molecular weight excluding hydrogens is 110 g/mol. The van der Waals surface area contributed by atoms with Crippen molar-refractivity contribution in [3.05, 3.63) is 18.3 Å². The molecule has 0 bridgehead atoms. The molecule has 40 valence electrons. The maximum atomic E-state index is 5.11. The van der Waals surface area contributed by atoms with Crippen molar-refractivity contribution in [2.75, 3.05) is 0 Å². The molecule has 0 N–H and O–H groups in total. The minimum absolute atomic E-state index is 0. The summed E-state index contributed by atoms with van der Waals surface area (Å²) in [5.74, 6) is 2.21. The van der Waals surface area contributed by atoms with Crippen LogP contribution in [0.4, 0.5) is 0 Å². The average molecular weight is 118 g/mol. The van der Waals surface area contributed by atoms with Crippen molar-refractivity contribution in [1.29, 1.82) is 0 Å². The smallest absolute Gasteiger partial charge is 0.131 e. The van der Waals surface area contributed by atoms with E-state index in [0.29, 0.717) is 0 Å². The van der Waals surface area contributed by atoms with Crippen molar-refractivity contribution in [2.45, 2.75) is 7.43 Å². The van der Waals surface area contributed by atoms with E-state index in [2.05, 4.69) is 24.0 Å². The van der Waals surface area contributed by atoms with Crippen molar-refractivity contribution in [2.24, 2.45) is 4.99 Å². The third-order valence-corrected chi connectivity index (χ3v) is 0.285. The molecule has 0 amide bonds. The van der Waals surface area contributed by atoms with Gasteiger partial charge in [-0.2, -0.15) is 4.99 Å². The van der Waals surface area contributed by atoms with Crippen molar-refractivity contribution in [3.8, 4) is 0 Å². The van der Waals surface area contributed by atoms with Crippen LogP contribution in [0.5, 0.6) is 0 Å². The second-order valence-corrected chi connectivity index (χ2v) is 1.08. The van der Waals surface area contributed by atoms with Gasteiger partial charge in [-0.3, -0.25) is 0 Å². The van der Waals surface area contributed by atoms with Crippen LogP contribution in [0.3, 0.4) is 0 Å². The van der Waals surface area contributed by atoms with Crippen LogP contribution in [0, 0.1) is 0 Å². The third kappa shape index (κ3) is 10.8. The molecule has 7 heavy (non-hydrogen) atoms. The summed E-state index contributed by atoms with van der Waals surface area (Å²) in [4.78, 5) is 3.33. The van der Waals surface area contributed by atoms with Gasteiger partial charge in [0.1, 0.15) is 5.16 Å². The van der Waals surface area contributed by atoms with Crippen LogP contribution < -0.4 is 0 Å². The van der Waals surface area contributed by atoms with E-state index in [1.807, 2.05) is 0 Å². The van der Waals surface area contributed by atoms with Crippen molar-refractivity contribution in [3.63, 3.8) is 0 Å². The summed E-state index contributed by atoms with van der Waals surface area (Å²) < 4.78 is 0. The van der Waals surface area contributed by atoms with Gasteiger partial charge in [0.05, 0.1) is 0 Å². The first kappa shape index (κ1) is 9.70. The van der Waals surface area contributed by atoms with Crippen LogP contribution in [0.2, 0.25) is 0 Å². The Kier molecular flexibility index (Phi) is 7.59. The highest BCUT2D eigenvalue weighted by Gasteiger charge is 1.67. The lowest BCUT2D eigenvalue weighted by atomic mass is 11.0. The fraction of sp³-hybridized carbons (Fsp3) is 0.200. The van der Waals surface area contributed by atoms with Crippen LogP contribution >= 0.6 is 11.6 Å². The molecule has 0 aromatic rings. The topological polar surface area (TPSA) is 12.4 Å². The molecule has 0 unspecified atom stereocenters. The number of hydrogen-bond acceptors (Lipinski definition) is 1. The van der Waals surface area contributed by atoms with Gasteiger partial charge in [-0.05, 0) is 12.4 Å². The van der Waals surface area contributed by atoms with Crippen LogP contribution in [0.15, 0.2) is 23.3 Å². The van der Waals surface area contributed by atoms with Gasteiger partial charge in [0, 0.05) is 0 Å². The average Bonchev–Trinajstić information content (AvgIpc) is 1.35. The molecule has 0 radical (unpaired) electrons. The lowest BCUT2D eigenvalue weighted by molar-refractivity contribution is 1.58. The largest absolute Gasteiger partial charge is 0.195 e. The lowest BCUT2D eigenvalue weighted by Crippen LogP contribution is -1.49. The number of halogens is 1. The highest BCUT2D eigenvalue weighted by atomic mass is 35.5. The predicted molar refractivity (Wildman–Crippen MR) is 34.8 cm³/mol. The minimum Gasteiger partial charge on any atom is -0.195 e. The summed E-state index contributed by atoms with van der Waals surface area (Å²) >= 11 is 5.11. The van der Waals surface area contributed by atoms with Gasteiger partial charge in [-0.15, -0.1) is 0 Å². The van der Waals surface area contributed by atoms with Crippen LogP contribution in [0.1, 0.15) is 7.43 Å². The van der Waals surface area contributed by atoms with E-state index in [9.17, 15) is 0 Å². The van der Waals surface area contributed by atoms with Gasteiger partial charge < -0.3 is 0 Å². The summed E-state index contributed by atoms with van der Waals surface area (Å²) in [5, 5.41) is 0.213. The van der Waals surface area contributed by atoms with Gasteiger partial charge in [0.15, 0.2) is 0 Å². The van der Waals surface area contributed by atoms with Crippen LogP contribution in [-0.4, -0.2) is 5.87 Å². The van der Waals surface area contributed by atoms with Crippen LogP contribution in [0.25, 0.3) is 0 Å². The predicted octanol–water partition coefficient (Wildman–Crippen LogP) is 2.19. The molecule has 0 rings (SSSR count). The van der Waals surface area contributed by atoms with Gasteiger partial charge in [-0.1, -0.05) is 25.6 Å². The van der Waals surface area contributed by atoms with E-state index < -0.39 is 0 Å². The zero-order chi connectivity index (χ0) is 4.99. The Bertz CT molecular complexity index is 101. The Morgan fingerprint density at radius 3 is 2.14 bits per heavy atom. The van der Waals surface area contributed by atoms with Crippen LogP contribution in [-0.2, 0) is 0 Å². The lowest BCUT2D eigenvalue weighted by Gasteiger charge is -1.68. The van der Waals surface area contributed by atoms with E-state index in [1.165, 1.54) is 0 Å². The molecule has 0 atom stereocenters. The number of nitrogens with zero attached hydrogens (tertiary/aromatic N) is 1. The van der Waals surface area contributed by atoms with E-state index in [4.69, 9.17) is 11.6 Å². The summed E-state index contributed by atoms with van der Waals surface area (Å²) in [6, 6.07) is 0. The monoisotopic (exact) mass is 117 g/mol. The maximum Gasteiger partial charge on any atom is 0.131 e. The van der Waals surface area contributed by atoms with E-state index >= 15 is 0 Å². The molecule has 0 aliphatic heterocycles. The first-order chi connectivity index (χ1) is 2.77. The summed E-state index contributed by atoms with van der Waals surface area (Å²) in [6.45, 7) is 6.41. The molecular formula is C5H8ClN. The molecule has 0 aromatic carbocycles. The molecule has 0 aromatic heterocycles. The Morgan fingerprint density at radius 1 is 1.71 bits per heavy atom. The van der Waals surface area contributed by atoms with Gasteiger partial charge in [0.25, 0.3) is 0 Å². The summed E-state index contributed by atoms with van der Waals surface area (Å²) in [5.41, 5.74) is 0. The first-order valence-corrected chi connectivity index (χ1v) is 1.72. The molecule has 0 aliphatic rings. The van der Waals surface area contributed by atoms with E-state index in [1.54, 1.807) is 0 Å². The van der Waals surface area contributed by atoms with E-state index in [0.717, 1.165) is 0 Å². The first-order valence-electron chi connectivity index (χ1n) is 1.34. The Morgan fingerprint density at radius 2 is 2.14 bits per heavy atom. The maximum absolute atomic E-state index is 5.11. The molecule has 0 spiro atoms. The Hall–Kier alpha value is -0.520. The number of rotatable bonds is 1. The highest BCUT2D eigenvalue weighted by molar-refractivity contribution is 6.29. The highest BCUT2D eigenvalue weighted by Crippen LogP contribution is 1.93. The minimum atomic E-state index is 0. The fourth-order valence-corrected chi connectivity index (χ4v) is 0.146. The van der Waals surface area contributed by atoms with Gasteiger partial charge in [0.2, 0.25) is 0 Å². The zero-order valence-electron chi connectivity index (χ0n) is 3.24. The third-order valence-electron chi connectivity index (χ3n) is 0.200. The fourth-order valence-electron chi connectivity index (χ4n) is 0.0858. The standard InChI is InChI=1S/C4H4ClN.CH4/c1-3-6-4(2)5;/h1-2H2;1H4. The Labute approximate surface area is 49.0 Å². The molecule has 1 nitrogen and oxygen atoms in total. The molecule has 0 fully saturated rings. The molecule has 2 heteroatoms. The molecule has 0 aliphatic carbocycles. The number of hydrogen-bond donors (Lipinski definition) is 0. The summed E-state index contributed by atoms with van der Waals surface area (Å²) in [7, 11) is 0. The van der Waals surface area contributed by atoms with Gasteiger partial charge >= 0.3 is 0 Å². The van der Waals surface area contributed by atoms with Crippen molar-refractivity contribution in [1.82, 2.24) is 0 Å². The normalized spacial score (nSPS) is 5.29. The number of aliphatic imine (C=N–C) groups is 1. The second kappa shape index (κ2) is 5.48. The van der Waals surface area contributed by atoms with Crippen molar-refractivity contribution < 1.29 is 0 Å². The SMILES string of the molecule is C.C=C=NC(=C)Cl. The molecule has 0 saturated heterocycles. The van der Waals surface area contributed by atoms with Gasteiger partial charge in [-0.25, -0.2) is 0 Å². The molecule has 0 saturated carbocycles. The van der Waals surface area contributed by atoms with E-state index in [-0.39, 0.29) is 12.6 Å². The zero-order valence-corrected chi connectivity index (χ0v) is 4.00. The summed E-state index contributed by atoms with van der Waals surface area (Å²) in [6.07, 6.45) is 0. The van der Waals surface area contributed by atoms with Crippen molar-refractivity contribution >= 4 is 17.5 Å². The molecule has 0 heterocycles. The quantitative estimate of drug-likeness (QED) is 0.369.